The van der Waals surface area contributed by atoms with Gasteiger partial charge in [0, 0.05) is 29.7 Å². The number of halogens is 1. The van der Waals surface area contributed by atoms with Crippen molar-refractivity contribution in [1.29, 1.82) is 0 Å². The second-order valence-corrected chi connectivity index (χ2v) is 6.30. The second kappa shape index (κ2) is 8.50. The molecule has 1 atom stereocenters. The zero-order valence-electron chi connectivity index (χ0n) is 13.2. The highest BCUT2D eigenvalue weighted by Gasteiger charge is 2.14. The summed E-state index contributed by atoms with van der Waals surface area (Å²) in [7, 11) is 5.89. The first-order valence-corrected chi connectivity index (χ1v) is 7.51. The van der Waals surface area contributed by atoms with Gasteiger partial charge in [-0.2, -0.15) is 0 Å². The van der Waals surface area contributed by atoms with Gasteiger partial charge in [0.15, 0.2) is 0 Å². The van der Waals surface area contributed by atoms with Gasteiger partial charge in [0.1, 0.15) is 5.75 Å². The van der Waals surface area contributed by atoms with Gasteiger partial charge in [-0.3, -0.25) is 0 Å². The Labute approximate surface area is 128 Å². The lowest BCUT2D eigenvalue weighted by atomic mass is 10.0. The van der Waals surface area contributed by atoms with E-state index in [-0.39, 0.29) is 0 Å². The van der Waals surface area contributed by atoms with Gasteiger partial charge >= 0.3 is 0 Å². The van der Waals surface area contributed by atoms with Crippen molar-refractivity contribution >= 4 is 11.6 Å². The smallest absolute Gasteiger partial charge is 0.124 e. The first-order valence-electron chi connectivity index (χ1n) is 7.13. The van der Waals surface area contributed by atoms with Crippen molar-refractivity contribution in [3.8, 4) is 5.75 Å². The van der Waals surface area contributed by atoms with Crippen LogP contribution in [-0.4, -0.2) is 38.7 Å². The van der Waals surface area contributed by atoms with Crippen LogP contribution < -0.4 is 10.1 Å². The van der Waals surface area contributed by atoms with Gasteiger partial charge in [0.05, 0.1) is 7.11 Å². The number of hydrogen-bond acceptors (Lipinski definition) is 3. The summed E-state index contributed by atoms with van der Waals surface area (Å²) in [4.78, 5) is 2.21. The van der Waals surface area contributed by atoms with E-state index in [0.717, 1.165) is 35.8 Å². The van der Waals surface area contributed by atoms with Crippen molar-refractivity contribution in [3.05, 3.63) is 28.8 Å². The molecule has 0 heterocycles. The number of likely N-dealkylation sites (N-methyl/N-ethyl adjacent to an activating group) is 1. The van der Waals surface area contributed by atoms with E-state index in [9.17, 15) is 0 Å². The van der Waals surface area contributed by atoms with Gasteiger partial charge in [-0.25, -0.2) is 0 Å². The van der Waals surface area contributed by atoms with E-state index < -0.39 is 0 Å². The van der Waals surface area contributed by atoms with E-state index in [0.29, 0.717) is 12.0 Å². The average Bonchev–Trinajstić information content (AvgIpc) is 2.35. The van der Waals surface area contributed by atoms with Gasteiger partial charge in [0.25, 0.3) is 0 Å². The van der Waals surface area contributed by atoms with Crippen LogP contribution in [0.3, 0.4) is 0 Å². The molecule has 0 fully saturated rings. The van der Waals surface area contributed by atoms with Crippen LogP contribution in [0.25, 0.3) is 0 Å². The Morgan fingerprint density at radius 1 is 1.30 bits per heavy atom. The fraction of sp³-hybridized carbons (Fsp3) is 0.625. The van der Waals surface area contributed by atoms with Gasteiger partial charge in [-0.15, -0.1) is 0 Å². The number of methoxy groups -OCH3 is 1. The number of nitrogens with one attached hydrogen (secondary N) is 1. The molecule has 0 amide bonds. The van der Waals surface area contributed by atoms with Gasteiger partial charge in [0.2, 0.25) is 0 Å². The average molecular weight is 299 g/mol. The fourth-order valence-corrected chi connectivity index (χ4v) is 2.61. The molecule has 0 saturated carbocycles. The van der Waals surface area contributed by atoms with Crippen LogP contribution >= 0.6 is 11.6 Å². The number of rotatable bonds is 8. The largest absolute Gasteiger partial charge is 0.496 e. The van der Waals surface area contributed by atoms with Crippen LogP contribution in [0.5, 0.6) is 5.75 Å². The third-order valence-corrected chi connectivity index (χ3v) is 3.56. The summed E-state index contributed by atoms with van der Waals surface area (Å²) in [6, 6.07) is 6.22. The molecule has 0 saturated heterocycles. The lowest BCUT2D eigenvalue weighted by molar-refractivity contribution is 0.303. The standard InChI is InChI=1S/C16H27ClN2O/c1-12(2)9-13(11-19(3)4)18-10-14-15(17)7-6-8-16(14)20-5/h6-8,12-13,18H,9-11H2,1-5H3. The van der Waals surface area contributed by atoms with Gasteiger partial charge in [-0.1, -0.05) is 31.5 Å². The lowest BCUT2D eigenvalue weighted by Crippen LogP contribution is -2.38. The first kappa shape index (κ1) is 17.3. The molecule has 4 heteroatoms. The Balaban J connectivity index is 2.71. The predicted molar refractivity (Wildman–Crippen MR) is 86.6 cm³/mol. The highest BCUT2D eigenvalue weighted by Crippen LogP contribution is 2.26. The molecule has 1 unspecified atom stereocenters. The second-order valence-electron chi connectivity index (χ2n) is 5.89. The van der Waals surface area contributed by atoms with Crippen molar-refractivity contribution in [1.82, 2.24) is 10.2 Å². The monoisotopic (exact) mass is 298 g/mol. The fourth-order valence-electron chi connectivity index (χ4n) is 2.38. The Morgan fingerprint density at radius 3 is 2.55 bits per heavy atom. The maximum atomic E-state index is 6.27. The SMILES string of the molecule is COc1cccc(Cl)c1CNC(CC(C)C)CN(C)C. The van der Waals surface area contributed by atoms with Crippen LogP contribution in [0.1, 0.15) is 25.8 Å². The minimum atomic E-state index is 0.450. The summed E-state index contributed by atoms with van der Waals surface area (Å²) >= 11 is 6.27. The first-order chi connectivity index (χ1) is 9.43. The Bertz CT molecular complexity index is 397. The van der Waals surface area contributed by atoms with E-state index in [1.54, 1.807) is 7.11 Å². The third-order valence-electron chi connectivity index (χ3n) is 3.20. The number of ether oxygens (including phenoxy) is 1. The van der Waals surface area contributed by atoms with E-state index in [1.165, 1.54) is 0 Å². The van der Waals surface area contributed by atoms with Crippen LogP contribution in [0.2, 0.25) is 5.02 Å². The molecule has 0 radical (unpaired) electrons. The number of hydrogen-bond donors (Lipinski definition) is 1. The molecule has 3 nitrogen and oxygen atoms in total. The van der Waals surface area contributed by atoms with Crippen LogP contribution in [0.15, 0.2) is 18.2 Å². The molecule has 1 aromatic carbocycles. The van der Waals surface area contributed by atoms with Crippen molar-refractivity contribution in [2.24, 2.45) is 5.92 Å². The molecule has 0 bridgehead atoms. The number of benzene rings is 1. The molecule has 114 valence electrons. The summed E-state index contributed by atoms with van der Waals surface area (Å²) in [5, 5.41) is 4.36. The molecule has 0 aliphatic carbocycles. The van der Waals surface area contributed by atoms with Crippen molar-refractivity contribution in [3.63, 3.8) is 0 Å². The minimum absolute atomic E-state index is 0.450. The topological polar surface area (TPSA) is 24.5 Å². The molecule has 0 aliphatic heterocycles. The molecular weight excluding hydrogens is 272 g/mol. The normalized spacial score (nSPS) is 13.0. The summed E-state index contributed by atoms with van der Waals surface area (Å²) in [6.45, 7) is 6.25. The number of nitrogens with zero attached hydrogens (tertiary/aromatic N) is 1. The maximum Gasteiger partial charge on any atom is 0.124 e. The van der Waals surface area contributed by atoms with Crippen molar-refractivity contribution < 1.29 is 4.74 Å². The molecular formula is C16H27ClN2O. The van der Waals surface area contributed by atoms with Crippen LogP contribution in [0.4, 0.5) is 0 Å². The van der Waals surface area contributed by atoms with Gasteiger partial charge in [-0.05, 0) is 38.6 Å². The lowest BCUT2D eigenvalue weighted by Gasteiger charge is -2.24. The third kappa shape index (κ3) is 5.70. The molecule has 0 aromatic heterocycles. The summed E-state index contributed by atoms with van der Waals surface area (Å²) in [5.74, 6) is 1.51. The molecule has 1 N–H and O–H groups in total. The van der Waals surface area contributed by atoms with Crippen molar-refractivity contribution in [2.75, 3.05) is 27.7 Å². The molecule has 0 spiro atoms. The Hall–Kier alpha value is -0.770. The molecule has 1 aromatic rings. The van der Waals surface area contributed by atoms with Gasteiger partial charge < -0.3 is 15.0 Å². The quantitative estimate of drug-likeness (QED) is 0.796. The molecule has 1 rings (SSSR count). The predicted octanol–water partition coefficient (Wildman–Crippen LogP) is 3.41. The highest BCUT2D eigenvalue weighted by molar-refractivity contribution is 6.31. The molecule has 20 heavy (non-hydrogen) atoms. The van der Waals surface area contributed by atoms with Crippen LogP contribution in [-0.2, 0) is 6.54 Å². The van der Waals surface area contributed by atoms with E-state index in [2.05, 4.69) is 38.2 Å². The van der Waals surface area contributed by atoms with Crippen LogP contribution in [0, 0.1) is 5.92 Å². The maximum absolute atomic E-state index is 6.27. The summed E-state index contributed by atoms with van der Waals surface area (Å²) in [5.41, 5.74) is 1.03. The zero-order chi connectivity index (χ0) is 15.1. The minimum Gasteiger partial charge on any atom is -0.496 e. The summed E-state index contributed by atoms with van der Waals surface area (Å²) < 4.78 is 5.39. The Morgan fingerprint density at radius 2 is 2.00 bits per heavy atom. The summed E-state index contributed by atoms with van der Waals surface area (Å²) in [6.07, 6.45) is 1.14. The highest BCUT2D eigenvalue weighted by atomic mass is 35.5. The van der Waals surface area contributed by atoms with E-state index in [1.807, 2.05) is 18.2 Å². The zero-order valence-corrected chi connectivity index (χ0v) is 14.0. The van der Waals surface area contributed by atoms with E-state index in [4.69, 9.17) is 16.3 Å². The molecule has 0 aliphatic rings. The Kier molecular flexibility index (Phi) is 7.35. The van der Waals surface area contributed by atoms with E-state index >= 15 is 0 Å². The van der Waals surface area contributed by atoms with Crippen molar-refractivity contribution in [2.45, 2.75) is 32.9 Å².